The largest absolute Gasteiger partial charge is 0.490 e. The fraction of sp³-hybridized carbons (Fsp3) is 0.600. The lowest BCUT2D eigenvalue weighted by Gasteiger charge is -2.34. The second kappa shape index (κ2) is 7.36. The Hall–Kier alpha value is -1.26. The smallest absolute Gasteiger partial charge is 0.142 e. The highest BCUT2D eigenvalue weighted by molar-refractivity contribution is 5.51. The fourth-order valence-corrected chi connectivity index (χ4v) is 2.45. The molecule has 1 heterocycles. The maximum absolute atomic E-state index is 5.85. The van der Waals surface area contributed by atoms with Crippen molar-refractivity contribution >= 4 is 5.69 Å². The van der Waals surface area contributed by atoms with Crippen LogP contribution in [0.3, 0.4) is 0 Å². The van der Waals surface area contributed by atoms with E-state index >= 15 is 0 Å². The van der Waals surface area contributed by atoms with Crippen LogP contribution in [-0.2, 0) is 0 Å². The highest BCUT2D eigenvalue weighted by Crippen LogP contribution is 2.19. The first kappa shape index (κ1) is 14.2. The summed E-state index contributed by atoms with van der Waals surface area (Å²) in [5, 5.41) is 0. The van der Waals surface area contributed by atoms with Crippen LogP contribution in [0, 0.1) is 0 Å². The van der Waals surface area contributed by atoms with Gasteiger partial charge >= 0.3 is 0 Å². The molecule has 0 amide bonds. The number of para-hydroxylation sites is 2. The number of piperazine rings is 1. The summed E-state index contributed by atoms with van der Waals surface area (Å²) < 4.78 is 5.73. The van der Waals surface area contributed by atoms with Crippen molar-refractivity contribution in [3.63, 3.8) is 0 Å². The maximum Gasteiger partial charge on any atom is 0.142 e. The molecular weight excluding hydrogens is 238 g/mol. The predicted molar refractivity (Wildman–Crippen MR) is 79.5 cm³/mol. The van der Waals surface area contributed by atoms with Crippen LogP contribution in [0.15, 0.2) is 24.3 Å². The molecule has 1 aliphatic rings. The van der Waals surface area contributed by atoms with Gasteiger partial charge in [-0.05, 0) is 25.1 Å². The van der Waals surface area contributed by atoms with Gasteiger partial charge in [0.25, 0.3) is 0 Å². The lowest BCUT2D eigenvalue weighted by atomic mass is 10.3. The first-order chi connectivity index (χ1) is 9.29. The molecule has 0 aliphatic carbocycles. The number of nitrogens with two attached hydrogens (primary N) is 1. The Bertz CT molecular complexity index is 375. The van der Waals surface area contributed by atoms with Crippen molar-refractivity contribution in [3.05, 3.63) is 24.3 Å². The van der Waals surface area contributed by atoms with Crippen molar-refractivity contribution in [3.8, 4) is 5.75 Å². The topological polar surface area (TPSA) is 41.7 Å². The van der Waals surface area contributed by atoms with Crippen LogP contribution in [0.5, 0.6) is 5.75 Å². The van der Waals surface area contributed by atoms with Gasteiger partial charge in [-0.15, -0.1) is 0 Å². The van der Waals surface area contributed by atoms with Crippen LogP contribution in [0.4, 0.5) is 5.69 Å². The van der Waals surface area contributed by atoms with Gasteiger partial charge in [0.2, 0.25) is 0 Å². The average molecular weight is 263 g/mol. The minimum Gasteiger partial charge on any atom is -0.490 e. The summed E-state index contributed by atoms with van der Waals surface area (Å²) >= 11 is 0. The SMILES string of the molecule is CCCN1CCN(CCOc2ccccc2N)CC1. The van der Waals surface area contributed by atoms with E-state index < -0.39 is 0 Å². The number of rotatable bonds is 6. The molecule has 1 aromatic rings. The minimum absolute atomic E-state index is 0.710. The average Bonchev–Trinajstić information content (AvgIpc) is 2.43. The summed E-state index contributed by atoms with van der Waals surface area (Å²) in [6.45, 7) is 9.82. The lowest BCUT2D eigenvalue weighted by Crippen LogP contribution is -2.47. The molecule has 0 spiro atoms. The van der Waals surface area contributed by atoms with Crippen molar-refractivity contribution in [2.24, 2.45) is 0 Å². The summed E-state index contributed by atoms with van der Waals surface area (Å²) in [6.07, 6.45) is 1.25. The number of benzene rings is 1. The van der Waals surface area contributed by atoms with E-state index in [4.69, 9.17) is 10.5 Å². The Morgan fingerprint density at radius 1 is 1.05 bits per heavy atom. The monoisotopic (exact) mass is 263 g/mol. The van der Waals surface area contributed by atoms with E-state index in [1.54, 1.807) is 0 Å². The zero-order valence-corrected chi connectivity index (χ0v) is 11.8. The Morgan fingerprint density at radius 2 is 1.68 bits per heavy atom. The minimum atomic E-state index is 0.710. The zero-order chi connectivity index (χ0) is 13.5. The van der Waals surface area contributed by atoms with E-state index in [2.05, 4.69) is 16.7 Å². The number of anilines is 1. The molecule has 4 heteroatoms. The van der Waals surface area contributed by atoms with Gasteiger partial charge in [0, 0.05) is 32.7 Å². The van der Waals surface area contributed by atoms with E-state index in [9.17, 15) is 0 Å². The van der Waals surface area contributed by atoms with Gasteiger partial charge < -0.3 is 15.4 Å². The van der Waals surface area contributed by atoms with Crippen molar-refractivity contribution in [2.75, 3.05) is 51.6 Å². The number of ether oxygens (including phenoxy) is 1. The number of nitrogen functional groups attached to an aromatic ring is 1. The molecule has 0 bridgehead atoms. The first-order valence-electron chi connectivity index (χ1n) is 7.21. The molecule has 19 heavy (non-hydrogen) atoms. The summed E-state index contributed by atoms with van der Waals surface area (Å²) in [7, 11) is 0. The molecule has 0 radical (unpaired) electrons. The van der Waals surface area contributed by atoms with Crippen molar-refractivity contribution in [1.29, 1.82) is 0 Å². The molecule has 1 fully saturated rings. The van der Waals surface area contributed by atoms with Gasteiger partial charge in [-0.2, -0.15) is 0 Å². The molecule has 0 aromatic heterocycles. The Morgan fingerprint density at radius 3 is 2.32 bits per heavy atom. The van der Waals surface area contributed by atoms with Gasteiger partial charge in [0.15, 0.2) is 0 Å². The zero-order valence-electron chi connectivity index (χ0n) is 11.8. The molecule has 0 saturated carbocycles. The molecule has 2 N–H and O–H groups in total. The van der Waals surface area contributed by atoms with Crippen LogP contribution in [0.25, 0.3) is 0 Å². The summed E-state index contributed by atoms with van der Waals surface area (Å²) in [6, 6.07) is 7.68. The number of nitrogens with zero attached hydrogens (tertiary/aromatic N) is 2. The normalized spacial score (nSPS) is 17.5. The lowest BCUT2D eigenvalue weighted by molar-refractivity contribution is 0.117. The van der Waals surface area contributed by atoms with E-state index in [1.165, 1.54) is 26.1 Å². The Balaban J connectivity index is 1.66. The van der Waals surface area contributed by atoms with Gasteiger partial charge in [0.1, 0.15) is 12.4 Å². The Kier molecular flexibility index (Phi) is 5.48. The molecular formula is C15H25N3O. The van der Waals surface area contributed by atoms with Crippen molar-refractivity contribution in [1.82, 2.24) is 9.80 Å². The van der Waals surface area contributed by atoms with Crippen LogP contribution in [0.2, 0.25) is 0 Å². The first-order valence-corrected chi connectivity index (χ1v) is 7.21. The van der Waals surface area contributed by atoms with Crippen LogP contribution < -0.4 is 10.5 Å². The maximum atomic E-state index is 5.85. The van der Waals surface area contributed by atoms with Gasteiger partial charge in [-0.1, -0.05) is 19.1 Å². The highest BCUT2D eigenvalue weighted by atomic mass is 16.5. The number of hydrogen-bond acceptors (Lipinski definition) is 4. The van der Waals surface area contributed by atoms with E-state index in [0.29, 0.717) is 6.61 Å². The van der Waals surface area contributed by atoms with Crippen molar-refractivity contribution in [2.45, 2.75) is 13.3 Å². The van der Waals surface area contributed by atoms with Gasteiger partial charge in [0.05, 0.1) is 5.69 Å². The fourth-order valence-electron chi connectivity index (χ4n) is 2.45. The number of hydrogen-bond donors (Lipinski definition) is 1. The molecule has 1 aliphatic heterocycles. The van der Waals surface area contributed by atoms with Crippen LogP contribution in [0.1, 0.15) is 13.3 Å². The van der Waals surface area contributed by atoms with Gasteiger partial charge in [-0.3, -0.25) is 4.90 Å². The highest BCUT2D eigenvalue weighted by Gasteiger charge is 2.15. The van der Waals surface area contributed by atoms with E-state index in [0.717, 1.165) is 31.1 Å². The third-order valence-electron chi connectivity index (χ3n) is 3.59. The molecule has 106 valence electrons. The molecule has 1 aromatic carbocycles. The molecule has 2 rings (SSSR count). The van der Waals surface area contributed by atoms with E-state index in [-0.39, 0.29) is 0 Å². The molecule has 0 unspecified atom stereocenters. The van der Waals surface area contributed by atoms with Crippen LogP contribution >= 0.6 is 0 Å². The van der Waals surface area contributed by atoms with Gasteiger partial charge in [-0.25, -0.2) is 0 Å². The standard InChI is InChI=1S/C15H25N3O/c1-2-7-17-8-10-18(11-9-17)12-13-19-15-6-4-3-5-14(15)16/h3-6H,2,7-13,16H2,1H3. The quantitative estimate of drug-likeness (QED) is 0.793. The summed E-state index contributed by atoms with van der Waals surface area (Å²) in [5.74, 6) is 0.798. The second-order valence-corrected chi connectivity index (χ2v) is 5.07. The predicted octanol–water partition coefficient (Wildman–Crippen LogP) is 1.68. The van der Waals surface area contributed by atoms with Crippen molar-refractivity contribution < 1.29 is 4.74 Å². The second-order valence-electron chi connectivity index (χ2n) is 5.07. The molecule has 1 saturated heterocycles. The summed E-state index contributed by atoms with van der Waals surface area (Å²) in [4.78, 5) is 5.00. The van der Waals surface area contributed by atoms with E-state index in [1.807, 2.05) is 24.3 Å². The third kappa shape index (κ3) is 4.40. The Labute approximate surface area is 116 Å². The van der Waals surface area contributed by atoms with Crippen LogP contribution in [-0.4, -0.2) is 55.7 Å². The molecule has 4 nitrogen and oxygen atoms in total. The summed E-state index contributed by atoms with van der Waals surface area (Å²) in [5.41, 5.74) is 6.56. The molecule has 0 atom stereocenters. The third-order valence-corrected chi connectivity index (χ3v) is 3.59.